The van der Waals surface area contributed by atoms with E-state index in [0.717, 1.165) is 5.75 Å². The van der Waals surface area contributed by atoms with Gasteiger partial charge < -0.3 is 14.6 Å². The molecule has 6 nitrogen and oxygen atoms in total. The fraction of sp³-hybridized carbons (Fsp3) is 0.211. The number of nitrogens with one attached hydrogen (secondary N) is 1. The van der Waals surface area contributed by atoms with Gasteiger partial charge in [0.25, 0.3) is 0 Å². The lowest BCUT2D eigenvalue weighted by molar-refractivity contribution is -0.113. The second kappa shape index (κ2) is 8.92. The molecule has 3 aromatic rings. The van der Waals surface area contributed by atoms with Crippen molar-refractivity contribution in [3.05, 3.63) is 65.4 Å². The van der Waals surface area contributed by atoms with E-state index in [2.05, 4.69) is 15.5 Å². The van der Waals surface area contributed by atoms with Crippen molar-refractivity contribution in [2.75, 3.05) is 11.1 Å². The van der Waals surface area contributed by atoms with Crippen molar-refractivity contribution in [3.63, 3.8) is 0 Å². The number of aromatic nitrogens is 3. The van der Waals surface area contributed by atoms with Gasteiger partial charge in [0.2, 0.25) is 5.91 Å². The number of anilines is 1. The van der Waals surface area contributed by atoms with E-state index in [9.17, 15) is 4.79 Å². The van der Waals surface area contributed by atoms with E-state index in [-0.39, 0.29) is 17.8 Å². The van der Waals surface area contributed by atoms with Crippen LogP contribution in [0, 0.1) is 0 Å². The van der Waals surface area contributed by atoms with Gasteiger partial charge in [0.15, 0.2) is 17.1 Å². The van der Waals surface area contributed by atoms with Gasteiger partial charge in [-0.05, 0) is 43.3 Å². The molecule has 0 radical (unpaired) electrons. The first-order chi connectivity index (χ1) is 13.0. The molecule has 0 saturated carbocycles. The summed E-state index contributed by atoms with van der Waals surface area (Å²) in [6.45, 7) is 1.92. The molecule has 0 fully saturated rings. The number of carbonyl (C=O) groups excluding carboxylic acids is 1. The van der Waals surface area contributed by atoms with Gasteiger partial charge in [0.1, 0.15) is 5.75 Å². The number of amides is 1. The van der Waals surface area contributed by atoms with Crippen LogP contribution in [0.5, 0.6) is 5.75 Å². The maximum absolute atomic E-state index is 12.1. The number of carbonyl (C=O) groups is 1. The summed E-state index contributed by atoms with van der Waals surface area (Å²) in [6.07, 6.45) is -0.262. The van der Waals surface area contributed by atoms with E-state index < -0.39 is 0 Å². The average Bonchev–Trinajstić information content (AvgIpc) is 3.03. The van der Waals surface area contributed by atoms with Gasteiger partial charge in [-0.3, -0.25) is 4.79 Å². The molecule has 27 heavy (non-hydrogen) atoms. The predicted octanol–water partition coefficient (Wildman–Crippen LogP) is 4.34. The SMILES string of the molecule is C[C@H](Oc1ccccc1)c1nnc(SCC(=O)Nc2ccc(Cl)cc2)n1C. The molecular formula is C19H19ClN4O2S. The van der Waals surface area contributed by atoms with Crippen LogP contribution in [-0.2, 0) is 11.8 Å². The van der Waals surface area contributed by atoms with Gasteiger partial charge in [-0.25, -0.2) is 0 Å². The topological polar surface area (TPSA) is 69.0 Å². The van der Waals surface area contributed by atoms with Crippen molar-refractivity contribution in [1.29, 1.82) is 0 Å². The second-order valence-electron chi connectivity index (χ2n) is 5.82. The highest BCUT2D eigenvalue weighted by Crippen LogP contribution is 2.23. The smallest absolute Gasteiger partial charge is 0.234 e. The molecule has 2 aromatic carbocycles. The molecule has 1 atom stereocenters. The van der Waals surface area contributed by atoms with Crippen LogP contribution >= 0.6 is 23.4 Å². The maximum Gasteiger partial charge on any atom is 0.234 e. The Kier molecular flexibility index (Phi) is 6.36. The number of ether oxygens (including phenoxy) is 1. The van der Waals surface area contributed by atoms with E-state index in [0.29, 0.717) is 21.7 Å². The van der Waals surface area contributed by atoms with Crippen LogP contribution in [0.1, 0.15) is 18.9 Å². The van der Waals surface area contributed by atoms with Gasteiger partial charge in [-0.2, -0.15) is 0 Å². The quantitative estimate of drug-likeness (QED) is 0.595. The highest BCUT2D eigenvalue weighted by atomic mass is 35.5. The number of benzene rings is 2. The first kappa shape index (κ1) is 19.3. The first-order valence-electron chi connectivity index (χ1n) is 8.32. The van der Waals surface area contributed by atoms with E-state index in [4.69, 9.17) is 16.3 Å². The summed E-state index contributed by atoms with van der Waals surface area (Å²) in [5, 5.41) is 12.5. The van der Waals surface area contributed by atoms with Crippen LogP contribution in [0.25, 0.3) is 0 Å². The number of halogens is 1. The third-order valence-electron chi connectivity index (χ3n) is 3.75. The summed E-state index contributed by atoms with van der Waals surface area (Å²) in [6, 6.07) is 16.5. The lowest BCUT2D eigenvalue weighted by atomic mass is 10.3. The molecule has 1 N–H and O–H groups in total. The Morgan fingerprint density at radius 3 is 2.59 bits per heavy atom. The van der Waals surface area contributed by atoms with Gasteiger partial charge >= 0.3 is 0 Å². The van der Waals surface area contributed by atoms with Gasteiger partial charge in [0, 0.05) is 17.8 Å². The summed E-state index contributed by atoms with van der Waals surface area (Å²) in [4.78, 5) is 12.1. The summed E-state index contributed by atoms with van der Waals surface area (Å²) < 4.78 is 7.73. The van der Waals surface area contributed by atoms with Crippen molar-refractivity contribution in [3.8, 4) is 5.75 Å². The molecule has 0 unspecified atom stereocenters. The van der Waals surface area contributed by atoms with Gasteiger partial charge in [-0.15, -0.1) is 10.2 Å². The third kappa shape index (κ3) is 5.24. The Balaban J connectivity index is 1.56. The Morgan fingerprint density at radius 1 is 1.19 bits per heavy atom. The molecule has 0 spiro atoms. The highest BCUT2D eigenvalue weighted by molar-refractivity contribution is 7.99. The Bertz CT molecular complexity index is 900. The molecule has 0 aliphatic carbocycles. The Morgan fingerprint density at radius 2 is 1.89 bits per heavy atom. The van der Waals surface area contributed by atoms with Gasteiger partial charge in [-0.1, -0.05) is 41.6 Å². The molecule has 1 aromatic heterocycles. The van der Waals surface area contributed by atoms with Crippen molar-refractivity contribution in [2.45, 2.75) is 18.2 Å². The fourth-order valence-electron chi connectivity index (χ4n) is 2.42. The Labute approximate surface area is 166 Å². The second-order valence-corrected chi connectivity index (χ2v) is 7.20. The standard InChI is InChI=1S/C19H19ClN4O2S/c1-13(26-16-6-4-3-5-7-16)18-22-23-19(24(18)2)27-12-17(25)21-15-10-8-14(20)9-11-15/h3-11,13H,12H2,1-2H3,(H,21,25)/t13-/m0/s1. The minimum absolute atomic E-state index is 0.125. The van der Waals surface area contributed by atoms with Crippen LogP contribution in [0.4, 0.5) is 5.69 Å². The van der Waals surface area contributed by atoms with Crippen LogP contribution in [0.2, 0.25) is 5.02 Å². The highest BCUT2D eigenvalue weighted by Gasteiger charge is 2.18. The van der Waals surface area contributed by atoms with E-state index in [1.54, 1.807) is 24.3 Å². The van der Waals surface area contributed by atoms with E-state index in [1.807, 2.05) is 48.9 Å². The molecule has 3 rings (SSSR count). The maximum atomic E-state index is 12.1. The lowest BCUT2D eigenvalue weighted by Gasteiger charge is -2.14. The predicted molar refractivity (Wildman–Crippen MR) is 107 cm³/mol. The fourth-order valence-corrected chi connectivity index (χ4v) is 3.27. The van der Waals surface area contributed by atoms with Crippen LogP contribution in [-0.4, -0.2) is 26.4 Å². The zero-order chi connectivity index (χ0) is 19.2. The lowest BCUT2D eigenvalue weighted by Crippen LogP contribution is -2.14. The Hall–Kier alpha value is -2.51. The van der Waals surface area contributed by atoms with E-state index in [1.165, 1.54) is 11.8 Å². The summed E-state index contributed by atoms with van der Waals surface area (Å²) in [7, 11) is 1.86. The van der Waals surface area contributed by atoms with Crippen molar-refractivity contribution in [1.82, 2.24) is 14.8 Å². The zero-order valence-electron chi connectivity index (χ0n) is 14.9. The normalized spacial score (nSPS) is 11.8. The number of hydrogen-bond acceptors (Lipinski definition) is 5. The number of nitrogens with zero attached hydrogens (tertiary/aromatic N) is 3. The molecule has 0 bridgehead atoms. The van der Waals surface area contributed by atoms with Crippen molar-refractivity contribution >= 4 is 35.0 Å². The van der Waals surface area contributed by atoms with Gasteiger partial charge in [0.05, 0.1) is 5.75 Å². The molecule has 1 amide bonds. The molecule has 0 aliphatic rings. The summed E-state index contributed by atoms with van der Waals surface area (Å²) >= 11 is 7.16. The molecule has 140 valence electrons. The number of thioether (sulfide) groups is 1. The summed E-state index contributed by atoms with van der Waals surface area (Å²) in [5.41, 5.74) is 0.702. The number of rotatable bonds is 7. The van der Waals surface area contributed by atoms with Crippen molar-refractivity contribution < 1.29 is 9.53 Å². The monoisotopic (exact) mass is 402 g/mol. The third-order valence-corrected chi connectivity index (χ3v) is 5.02. The average molecular weight is 403 g/mol. The molecule has 0 saturated heterocycles. The number of para-hydroxylation sites is 1. The van der Waals surface area contributed by atoms with Crippen LogP contribution in [0.3, 0.4) is 0 Å². The van der Waals surface area contributed by atoms with Crippen molar-refractivity contribution in [2.24, 2.45) is 7.05 Å². The minimum atomic E-state index is -0.262. The molecule has 1 heterocycles. The summed E-state index contributed by atoms with van der Waals surface area (Å²) in [5.74, 6) is 1.56. The molecule has 8 heteroatoms. The minimum Gasteiger partial charge on any atom is -0.483 e. The number of hydrogen-bond donors (Lipinski definition) is 1. The van der Waals surface area contributed by atoms with Crippen LogP contribution < -0.4 is 10.1 Å². The largest absolute Gasteiger partial charge is 0.483 e. The van der Waals surface area contributed by atoms with Crippen LogP contribution in [0.15, 0.2) is 59.8 Å². The molecular weight excluding hydrogens is 384 g/mol. The van der Waals surface area contributed by atoms with E-state index >= 15 is 0 Å². The zero-order valence-corrected chi connectivity index (χ0v) is 16.5. The first-order valence-corrected chi connectivity index (χ1v) is 9.68. The molecule has 0 aliphatic heterocycles.